The summed E-state index contributed by atoms with van der Waals surface area (Å²) in [4.78, 5) is 29.6. The molecule has 1 unspecified atom stereocenters. The van der Waals surface area contributed by atoms with Crippen LogP contribution >= 0.6 is 11.6 Å². The van der Waals surface area contributed by atoms with Crippen molar-refractivity contribution in [1.29, 1.82) is 0 Å². The first kappa shape index (κ1) is 29.3. The van der Waals surface area contributed by atoms with Crippen LogP contribution in [0.15, 0.2) is 73.2 Å². The average molecular weight is 617 g/mol. The minimum Gasteiger partial charge on any atom is -0.478 e. The van der Waals surface area contributed by atoms with Crippen LogP contribution < -0.4 is 15.5 Å². The van der Waals surface area contributed by atoms with Gasteiger partial charge in [-0.25, -0.2) is 13.9 Å². The number of amides is 1. The summed E-state index contributed by atoms with van der Waals surface area (Å²) < 4.78 is 15.7. The van der Waals surface area contributed by atoms with E-state index >= 15 is 0 Å². The van der Waals surface area contributed by atoms with Gasteiger partial charge in [-0.2, -0.15) is 0 Å². The number of tetrazole rings is 1. The number of aromatic carboxylic acids is 1. The second kappa shape index (κ2) is 12.8. The van der Waals surface area contributed by atoms with Gasteiger partial charge in [-0.3, -0.25) is 4.79 Å². The number of hydrogen-bond acceptors (Lipinski definition) is 8. The smallest absolute Gasteiger partial charge is 0.335 e. The molecule has 1 aromatic heterocycles. The van der Waals surface area contributed by atoms with Crippen molar-refractivity contribution in [3.63, 3.8) is 0 Å². The second-order valence-corrected chi connectivity index (χ2v) is 11.0. The summed E-state index contributed by atoms with van der Waals surface area (Å²) in [7, 11) is 0. The number of carboxylic acid groups (broad SMARTS) is 1. The molecule has 0 saturated carbocycles. The molecule has 1 amide bonds. The SMILES string of the molecule is O=C(O)c1ccc(NC(=O)C2c3cccc(N4CCNCC4)c3CCN2/C=C/Cc2cc(Cl)c(F)cc2-n2cnnn2)cc1. The molecule has 226 valence electrons. The molecule has 3 aromatic carbocycles. The van der Waals surface area contributed by atoms with Crippen LogP contribution in [-0.4, -0.2) is 74.8 Å². The fourth-order valence-electron chi connectivity index (χ4n) is 5.77. The van der Waals surface area contributed by atoms with Crippen molar-refractivity contribution in [2.75, 3.05) is 42.9 Å². The Balaban J connectivity index is 1.31. The summed E-state index contributed by atoms with van der Waals surface area (Å²) in [6.07, 6.45) is 6.31. The number of fused-ring (bicyclic) bond motifs is 1. The molecule has 11 nitrogen and oxygen atoms in total. The van der Waals surface area contributed by atoms with Crippen molar-refractivity contribution in [2.45, 2.75) is 18.9 Å². The number of nitrogens with zero attached hydrogens (tertiary/aromatic N) is 6. The molecule has 0 spiro atoms. The number of hydrogen-bond donors (Lipinski definition) is 3. The summed E-state index contributed by atoms with van der Waals surface area (Å²) in [6.45, 7) is 4.16. The van der Waals surface area contributed by atoms with Crippen molar-refractivity contribution in [3.05, 3.63) is 106 Å². The maximum absolute atomic E-state index is 14.3. The normalized spacial score (nSPS) is 16.6. The number of benzene rings is 3. The zero-order chi connectivity index (χ0) is 30.6. The lowest BCUT2D eigenvalue weighted by molar-refractivity contribution is -0.120. The van der Waals surface area contributed by atoms with Gasteiger partial charge in [0.1, 0.15) is 18.2 Å². The third-order valence-corrected chi connectivity index (χ3v) is 8.18. The van der Waals surface area contributed by atoms with Gasteiger partial charge >= 0.3 is 5.97 Å². The molecule has 4 aromatic rings. The van der Waals surface area contributed by atoms with Gasteiger partial charge in [0.05, 0.1) is 16.3 Å². The molecule has 2 aliphatic rings. The van der Waals surface area contributed by atoms with Gasteiger partial charge in [-0.05, 0) is 82.6 Å². The number of nitrogens with one attached hydrogen (secondary N) is 2. The Labute approximate surface area is 257 Å². The van der Waals surface area contributed by atoms with Gasteiger partial charge in [0.2, 0.25) is 0 Å². The van der Waals surface area contributed by atoms with E-state index in [4.69, 9.17) is 11.6 Å². The fraction of sp³-hybridized carbons (Fsp3) is 0.258. The molecule has 44 heavy (non-hydrogen) atoms. The standard InChI is InChI=1S/C31H30ClFN8O3/c32-25-17-21(28(18-26(25)33)41-19-35-37-38-41)3-2-13-40-14-10-23-24(4-1-5-27(23)39-15-11-34-12-16-39)29(40)30(42)36-22-8-6-20(7-9-22)31(43)44/h1-2,4-9,13,17-19,29,34H,3,10-12,14-16H2,(H,36,42)(H,43,44)/b13-2+. The number of carbonyl (C=O) groups is 2. The summed E-state index contributed by atoms with van der Waals surface area (Å²) in [6, 6.07) is 14.4. The topological polar surface area (TPSA) is 129 Å². The van der Waals surface area contributed by atoms with E-state index < -0.39 is 17.8 Å². The zero-order valence-electron chi connectivity index (χ0n) is 23.7. The van der Waals surface area contributed by atoms with Crippen LogP contribution in [0.5, 0.6) is 0 Å². The molecule has 0 bridgehead atoms. The molecule has 13 heteroatoms. The van der Waals surface area contributed by atoms with Crippen LogP contribution in [-0.2, 0) is 17.6 Å². The maximum atomic E-state index is 14.3. The predicted octanol–water partition coefficient (Wildman–Crippen LogP) is 3.86. The molecule has 2 aliphatic heterocycles. The number of aromatic nitrogens is 4. The van der Waals surface area contributed by atoms with E-state index in [2.05, 4.69) is 37.1 Å². The third kappa shape index (κ3) is 6.12. The Bertz CT molecular complexity index is 1690. The van der Waals surface area contributed by atoms with Gasteiger partial charge in [0.25, 0.3) is 5.91 Å². The minimum atomic E-state index is -1.04. The molecule has 3 N–H and O–H groups in total. The van der Waals surface area contributed by atoms with E-state index in [0.29, 0.717) is 29.9 Å². The zero-order valence-corrected chi connectivity index (χ0v) is 24.4. The average Bonchev–Trinajstić information content (AvgIpc) is 3.58. The van der Waals surface area contributed by atoms with Crippen molar-refractivity contribution in [2.24, 2.45) is 0 Å². The molecule has 0 radical (unpaired) electrons. The first-order chi connectivity index (χ1) is 21.4. The van der Waals surface area contributed by atoms with Crippen LogP contribution in [0.2, 0.25) is 5.02 Å². The molecular formula is C31H30ClFN8O3. The Kier molecular flexibility index (Phi) is 8.53. The van der Waals surface area contributed by atoms with Crippen LogP contribution in [0.25, 0.3) is 5.69 Å². The molecule has 0 aliphatic carbocycles. The fourth-order valence-corrected chi connectivity index (χ4v) is 5.96. The molecule has 1 saturated heterocycles. The first-order valence-corrected chi connectivity index (χ1v) is 14.6. The highest BCUT2D eigenvalue weighted by Crippen LogP contribution is 2.37. The number of carbonyl (C=O) groups excluding carboxylic acids is 1. The van der Waals surface area contributed by atoms with Crippen LogP contribution in [0.1, 0.15) is 33.1 Å². The Hall–Kier alpha value is -4.81. The summed E-state index contributed by atoms with van der Waals surface area (Å²) >= 11 is 6.11. The second-order valence-electron chi connectivity index (χ2n) is 10.6. The number of halogens is 2. The summed E-state index contributed by atoms with van der Waals surface area (Å²) in [5.41, 5.74) is 5.01. The van der Waals surface area contributed by atoms with E-state index in [1.165, 1.54) is 29.2 Å². The van der Waals surface area contributed by atoms with Crippen molar-refractivity contribution < 1.29 is 19.1 Å². The Morgan fingerprint density at radius 2 is 1.89 bits per heavy atom. The Morgan fingerprint density at radius 1 is 1.09 bits per heavy atom. The van der Waals surface area contributed by atoms with Crippen LogP contribution in [0.3, 0.4) is 0 Å². The highest BCUT2D eigenvalue weighted by atomic mass is 35.5. The van der Waals surface area contributed by atoms with E-state index in [-0.39, 0.29) is 16.5 Å². The number of piperazine rings is 1. The molecule has 3 heterocycles. The van der Waals surface area contributed by atoms with Gasteiger partial charge < -0.3 is 25.5 Å². The highest BCUT2D eigenvalue weighted by molar-refractivity contribution is 6.30. The lowest BCUT2D eigenvalue weighted by atomic mass is 9.90. The van der Waals surface area contributed by atoms with E-state index in [0.717, 1.165) is 49.4 Å². The summed E-state index contributed by atoms with van der Waals surface area (Å²) in [5.74, 6) is -1.85. The molecule has 6 rings (SSSR count). The monoisotopic (exact) mass is 616 g/mol. The van der Waals surface area contributed by atoms with E-state index in [1.807, 2.05) is 29.3 Å². The van der Waals surface area contributed by atoms with Gasteiger partial charge in [0, 0.05) is 50.2 Å². The van der Waals surface area contributed by atoms with Crippen molar-refractivity contribution in [1.82, 2.24) is 30.4 Å². The van der Waals surface area contributed by atoms with Gasteiger partial charge in [-0.1, -0.05) is 29.8 Å². The number of carboxylic acids is 1. The third-order valence-electron chi connectivity index (χ3n) is 7.89. The lowest BCUT2D eigenvalue weighted by Crippen LogP contribution is -2.45. The predicted molar refractivity (Wildman–Crippen MR) is 164 cm³/mol. The van der Waals surface area contributed by atoms with E-state index in [9.17, 15) is 19.1 Å². The number of anilines is 2. The number of allylic oxidation sites excluding steroid dienone is 1. The maximum Gasteiger partial charge on any atom is 0.335 e. The minimum absolute atomic E-state index is 0.0104. The highest BCUT2D eigenvalue weighted by Gasteiger charge is 2.33. The van der Waals surface area contributed by atoms with Gasteiger partial charge in [0.15, 0.2) is 0 Å². The van der Waals surface area contributed by atoms with Gasteiger partial charge in [-0.15, -0.1) is 5.10 Å². The van der Waals surface area contributed by atoms with Crippen molar-refractivity contribution >= 4 is 34.9 Å². The van der Waals surface area contributed by atoms with Crippen LogP contribution in [0, 0.1) is 5.82 Å². The first-order valence-electron chi connectivity index (χ1n) is 14.2. The molecule has 1 fully saturated rings. The molecule has 1 atom stereocenters. The lowest BCUT2D eigenvalue weighted by Gasteiger charge is -2.39. The molecular weight excluding hydrogens is 587 g/mol. The summed E-state index contributed by atoms with van der Waals surface area (Å²) in [5, 5.41) is 26.8. The quantitative estimate of drug-likeness (QED) is 0.270. The Morgan fingerprint density at radius 3 is 2.61 bits per heavy atom. The number of rotatable bonds is 8. The van der Waals surface area contributed by atoms with Crippen LogP contribution in [0.4, 0.5) is 15.8 Å². The van der Waals surface area contributed by atoms with Crippen molar-refractivity contribution in [3.8, 4) is 5.69 Å². The largest absolute Gasteiger partial charge is 0.478 e. The van der Waals surface area contributed by atoms with E-state index in [1.54, 1.807) is 18.2 Å².